The molecule has 0 aromatic rings. The molecule has 2 aliphatic heterocycles. The minimum absolute atomic E-state index is 0.0491. The molecule has 0 aromatic heterocycles. The Hall–Kier alpha value is -1.14. The van der Waals surface area contributed by atoms with Gasteiger partial charge in [-0.1, -0.05) is 6.92 Å². The second-order valence-corrected chi connectivity index (χ2v) is 7.77. The monoisotopic (exact) mass is 367 g/mol. The lowest BCUT2D eigenvalue weighted by Crippen LogP contribution is -2.44. The molecular formula is C20H37N3O3. The van der Waals surface area contributed by atoms with Gasteiger partial charge in [-0.15, -0.1) is 0 Å². The number of likely N-dealkylation sites (tertiary alicyclic amines) is 1. The Kier molecular flexibility index (Phi) is 9.40. The van der Waals surface area contributed by atoms with E-state index in [1.165, 1.54) is 12.8 Å². The third-order valence-corrected chi connectivity index (χ3v) is 5.87. The van der Waals surface area contributed by atoms with E-state index >= 15 is 0 Å². The molecule has 0 bridgehead atoms. The Morgan fingerprint density at radius 1 is 1.19 bits per heavy atom. The van der Waals surface area contributed by atoms with Gasteiger partial charge in [-0.05, 0) is 64.0 Å². The maximum absolute atomic E-state index is 12.6. The molecule has 150 valence electrons. The predicted molar refractivity (Wildman–Crippen MR) is 103 cm³/mol. The first-order valence-corrected chi connectivity index (χ1v) is 10.5. The summed E-state index contributed by atoms with van der Waals surface area (Å²) in [7, 11) is 0. The number of carbonyl (C=O) groups excluding carboxylic acids is 2. The third kappa shape index (κ3) is 6.88. The quantitative estimate of drug-likeness (QED) is 0.610. The van der Waals surface area contributed by atoms with Crippen LogP contribution in [-0.2, 0) is 14.3 Å². The Morgan fingerprint density at radius 2 is 1.88 bits per heavy atom. The summed E-state index contributed by atoms with van der Waals surface area (Å²) in [4.78, 5) is 26.8. The average Bonchev–Trinajstić information content (AvgIpc) is 2.68. The van der Waals surface area contributed by atoms with Crippen LogP contribution in [0.4, 0.5) is 0 Å². The van der Waals surface area contributed by atoms with E-state index in [1.54, 1.807) is 0 Å². The van der Waals surface area contributed by atoms with Gasteiger partial charge in [-0.3, -0.25) is 9.59 Å². The lowest BCUT2D eigenvalue weighted by molar-refractivity contribution is -0.136. The van der Waals surface area contributed by atoms with Crippen molar-refractivity contribution >= 4 is 11.8 Å². The highest BCUT2D eigenvalue weighted by molar-refractivity contribution is 5.80. The molecular weight excluding hydrogens is 330 g/mol. The SMILES string of the molecule is CCOCCCNC(=O)C1CCN(C(=O)CC(C)C2CCNCC2)CC1. The van der Waals surface area contributed by atoms with Crippen LogP contribution < -0.4 is 10.6 Å². The molecule has 1 unspecified atom stereocenters. The van der Waals surface area contributed by atoms with Crippen LogP contribution in [0.3, 0.4) is 0 Å². The number of nitrogens with zero attached hydrogens (tertiary/aromatic N) is 1. The van der Waals surface area contributed by atoms with E-state index in [2.05, 4.69) is 17.6 Å². The first kappa shape index (κ1) is 21.2. The topological polar surface area (TPSA) is 70.7 Å². The second-order valence-electron chi connectivity index (χ2n) is 7.77. The van der Waals surface area contributed by atoms with Gasteiger partial charge in [-0.2, -0.15) is 0 Å². The third-order valence-electron chi connectivity index (χ3n) is 5.87. The van der Waals surface area contributed by atoms with Gasteiger partial charge in [0, 0.05) is 45.2 Å². The van der Waals surface area contributed by atoms with Gasteiger partial charge in [0.1, 0.15) is 0 Å². The first-order valence-electron chi connectivity index (χ1n) is 10.5. The van der Waals surface area contributed by atoms with Crippen LogP contribution in [0.2, 0.25) is 0 Å². The predicted octanol–water partition coefficient (Wildman–Crippen LogP) is 1.79. The van der Waals surface area contributed by atoms with Gasteiger partial charge < -0.3 is 20.3 Å². The highest BCUT2D eigenvalue weighted by Gasteiger charge is 2.29. The highest BCUT2D eigenvalue weighted by atomic mass is 16.5. The summed E-state index contributed by atoms with van der Waals surface area (Å²) in [6.07, 6.45) is 5.43. The fourth-order valence-electron chi connectivity index (χ4n) is 4.05. The van der Waals surface area contributed by atoms with E-state index < -0.39 is 0 Å². The molecule has 0 saturated carbocycles. The van der Waals surface area contributed by atoms with Gasteiger partial charge in [0.05, 0.1) is 0 Å². The van der Waals surface area contributed by atoms with Crippen molar-refractivity contribution in [2.24, 2.45) is 17.8 Å². The van der Waals surface area contributed by atoms with Crippen molar-refractivity contribution in [1.82, 2.24) is 15.5 Å². The van der Waals surface area contributed by atoms with Gasteiger partial charge >= 0.3 is 0 Å². The summed E-state index contributed by atoms with van der Waals surface area (Å²) in [6, 6.07) is 0. The van der Waals surface area contributed by atoms with Crippen LogP contribution >= 0.6 is 0 Å². The number of hydrogen-bond acceptors (Lipinski definition) is 4. The van der Waals surface area contributed by atoms with E-state index in [0.717, 1.165) is 52.0 Å². The maximum atomic E-state index is 12.6. The summed E-state index contributed by atoms with van der Waals surface area (Å²) in [5.41, 5.74) is 0. The van der Waals surface area contributed by atoms with Gasteiger partial charge in [0.25, 0.3) is 0 Å². The Balaban J connectivity index is 1.63. The average molecular weight is 368 g/mol. The molecule has 2 amide bonds. The minimum atomic E-state index is 0.0491. The standard InChI is InChI=1S/C20H37N3O3/c1-3-26-14-4-9-22-20(25)18-7-12-23(13-8-18)19(24)15-16(2)17-5-10-21-11-6-17/h16-18,21H,3-15H2,1-2H3,(H,22,25). The lowest BCUT2D eigenvalue weighted by atomic mass is 9.83. The Labute approximate surface area is 158 Å². The maximum Gasteiger partial charge on any atom is 0.223 e. The Morgan fingerprint density at radius 3 is 2.54 bits per heavy atom. The van der Waals surface area contributed by atoms with Crippen LogP contribution in [0.1, 0.15) is 52.4 Å². The lowest BCUT2D eigenvalue weighted by Gasteiger charge is -2.34. The molecule has 1 atom stereocenters. The number of ether oxygens (including phenoxy) is 1. The largest absolute Gasteiger partial charge is 0.382 e. The fraction of sp³-hybridized carbons (Fsp3) is 0.900. The molecule has 0 spiro atoms. The van der Waals surface area contributed by atoms with Crippen LogP contribution in [-0.4, -0.2) is 62.7 Å². The number of piperidine rings is 2. The van der Waals surface area contributed by atoms with E-state index in [1.807, 2.05) is 11.8 Å². The zero-order valence-electron chi connectivity index (χ0n) is 16.6. The molecule has 6 nitrogen and oxygen atoms in total. The van der Waals surface area contributed by atoms with Gasteiger partial charge in [-0.25, -0.2) is 0 Å². The molecule has 26 heavy (non-hydrogen) atoms. The van der Waals surface area contributed by atoms with E-state index in [-0.39, 0.29) is 17.7 Å². The molecule has 2 N–H and O–H groups in total. The fourth-order valence-corrected chi connectivity index (χ4v) is 4.05. The van der Waals surface area contributed by atoms with Gasteiger partial charge in [0.2, 0.25) is 11.8 Å². The highest BCUT2D eigenvalue weighted by Crippen LogP contribution is 2.26. The van der Waals surface area contributed by atoms with E-state index in [4.69, 9.17) is 4.74 Å². The van der Waals surface area contributed by atoms with Crippen LogP contribution in [0.5, 0.6) is 0 Å². The summed E-state index contributed by atoms with van der Waals surface area (Å²) in [5, 5.41) is 6.39. The molecule has 2 fully saturated rings. The van der Waals surface area contributed by atoms with Crippen LogP contribution in [0, 0.1) is 17.8 Å². The molecule has 2 heterocycles. The van der Waals surface area contributed by atoms with Crippen molar-refractivity contribution in [2.45, 2.75) is 52.4 Å². The van der Waals surface area contributed by atoms with E-state index in [0.29, 0.717) is 31.4 Å². The van der Waals surface area contributed by atoms with E-state index in [9.17, 15) is 9.59 Å². The van der Waals surface area contributed by atoms with Crippen molar-refractivity contribution in [3.8, 4) is 0 Å². The minimum Gasteiger partial charge on any atom is -0.382 e. The first-order chi connectivity index (χ1) is 12.6. The van der Waals surface area contributed by atoms with Crippen LogP contribution in [0.15, 0.2) is 0 Å². The second kappa shape index (κ2) is 11.5. The molecule has 2 rings (SSSR count). The molecule has 6 heteroatoms. The summed E-state index contributed by atoms with van der Waals surface area (Å²) in [5.74, 6) is 1.58. The Bertz CT molecular complexity index is 430. The zero-order chi connectivity index (χ0) is 18.8. The van der Waals surface area contributed by atoms with Crippen LogP contribution in [0.25, 0.3) is 0 Å². The number of nitrogens with one attached hydrogen (secondary N) is 2. The van der Waals surface area contributed by atoms with Gasteiger partial charge in [0.15, 0.2) is 0 Å². The normalized spacial score (nSPS) is 20.8. The van der Waals surface area contributed by atoms with Crippen molar-refractivity contribution in [2.75, 3.05) is 45.9 Å². The van der Waals surface area contributed by atoms with Crippen molar-refractivity contribution in [1.29, 1.82) is 0 Å². The number of rotatable bonds is 9. The zero-order valence-corrected chi connectivity index (χ0v) is 16.6. The smallest absolute Gasteiger partial charge is 0.223 e. The number of hydrogen-bond donors (Lipinski definition) is 2. The van der Waals surface area contributed by atoms with Crippen molar-refractivity contribution < 1.29 is 14.3 Å². The molecule has 2 aliphatic rings. The summed E-state index contributed by atoms with van der Waals surface area (Å²) < 4.78 is 5.28. The molecule has 2 saturated heterocycles. The molecule has 0 radical (unpaired) electrons. The molecule has 0 aromatic carbocycles. The summed E-state index contributed by atoms with van der Waals surface area (Å²) in [6.45, 7) is 9.87. The van der Waals surface area contributed by atoms with Crippen molar-refractivity contribution in [3.63, 3.8) is 0 Å². The number of carbonyl (C=O) groups is 2. The van der Waals surface area contributed by atoms with Crippen molar-refractivity contribution in [3.05, 3.63) is 0 Å². The molecule has 0 aliphatic carbocycles. The summed E-state index contributed by atoms with van der Waals surface area (Å²) >= 11 is 0. The number of amides is 2.